The third-order valence-corrected chi connectivity index (χ3v) is 3.58. The summed E-state index contributed by atoms with van der Waals surface area (Å²) in [6.45, 7) is 2.34. The quantitative estimate of drug-likeness (QED) is 0.725. The molecule has 0 aliphatic carbocycles. The Hall–Kier alpha value is -3.13. The minimum atomic E-state index is 0.232. The Balaban J connectivity index is 1.84. The second-order valence-electron chi connectivity index (χ2n) is 5.03. The van der Waals surface area contributed by atoms with Crippen molar-refractivity contribution in [3.63, 3.8) is 0 Å². The van der Waals surface area contributed by atoms with Gasteiger partial charge in [0, 0.05) is 0 Å². The van der Waals surface area contributed by atoms with Gasteiger partial charge in [-0.15, -0.1) is 5.10 Å². The van der Waals surface area contributed by atoms with E-state index in [1.165, 1.54) is 5.56 Å². The molecule has 0 bridgehead atoms. The molecule has 1 aromatic heterocycles. The number of para-hydroxylation sites is 1. The smallest absolute Gasteiger partial charge is 0.189 e. The van der Waals surface area contributed by atoms with Crippen molar-refractivity contribution in [2.75, 3.05) is 0 Å². The fourth-order valence-electron chi connectivity index (χ4n) is 2.27. The van der Waals surface area contributed by atoms with Gasteiger partial charge in [0.25, 0.3) is 0 Å². The maximum Gasteiger partial charge on any atom is 0.189 e. The molecule has 0 aliphatic heterocycles. The number of nitrogens with zero attached hydrogens (tertiary/aromatic N) is 4. The summed E-state index contributed by atoms with van der Waals surface area (Å²) in [5, 5.41) is 17.2. The molecule has 2 aromatic carbocycles. The van der Waals surface area contributed by atoms with Gasteiger partial charge in [-0.05, 0) is 36.2 Å². The summed E-state index contributed by atoms with van der Waals surface area (Å²) in [6, 6.07) is 19.6. The predicted molar refractivity (Wildman–Crippen MR) is 86.2 cm³/mol. The van der Waals surface area contributed by atoms with E-state index in [2.05, 4.69) is 23.3 Å². The Morgan fingerprint density at radius 1 is 1.09 bits per heavy atom. The first-order valence-corrected chi connectivity index (χ1v) is 7.43. The molecule has 3 rings (SSSR count). The van der Waals surface area contributed by atoms with Gasteiger partial charge < -0.3 is 4.74 Å². The predicted octanol–water partition coefficient (Wildman–Crippen LogP) is 3.28. The number of hydrogen-bond donors (Lipinski definition) is 0. The lowest BCUT2D eigenvalue weighted by Crippen LogP contribution is -2.07. The molecule has 5 heteroatoms. The summed E-state index contributed by atoms with van der Waals surface area (Å²) in [7, 11) is 0. The van der Waals surface area contributed by atoms with Crippen molar-refractivity contribution in [1.29, 1.82) is 5.26 Å². The van der Waals surface area contributed by atoms with E-state index in [1.54, 1.807) is 4.68 Å². The van der Waals surface area contributed by atoms with Crippen molar-refractivity contribution in [2.24, 2.45) is 0 Å². The van der Waals surface area contributed by atoms with Crippen molar-refractivity contribution in [3.8, 4) is 17.5 Å². The number of rotatable bonds is 5. The highest BCUT2D eigenvalue weighted by Crippen LogP contribution is 2.17. The number of nitriles is 1. The van der Waals surface area contributed by atoms with Crippen LogP contribution in [-0.4, -0.2) is 15.0 Å². The van der Waals surface area contributed by atoms with Crippen LogP contribution in [0.4, 0.5) is 0 Å². The van der Waals surface area contributed by atoms with E-state index in [9.17, 15) is 5.26 Å². The SMILES string of the molecule is CCc1ccc(OCc2c(C#N)nnn2-c2ccccc2)cc1. The summed E-state index contributed by atoms with van der Waals surface area (Å²) in [6.07, 6.45) is 0.990. The molecule has 0 atom stereocenters. The van der Waals surface area contributed by atoms with Crippen LogP contribution in [0.2, 0.25) is 0 Å². The van der Waals surface area contributed by atoms with E-state index in [-0.39, 0.29) is 12.3 Å². The first-order chi connectivity index (χ1) is 11.3. The molecular formula is C18H16N4O. The molecule has 5 nitrogen and oxygen atoms in total. The first-order valence-electron chi connectivity index (χ1n) is 7.43. The Bertz CT molecular complexity index is 816. The molecule has 0 saturated carbocycles. The maximum absolute atomic E-state index is 9.22. The average Bonchev–Trinajstić information content (AvgIpc) is 3.04. The van der Waals surface area contributed by atoms with Crippen molar-refractivity contribution in [3.05, 3.63) is 71.5 Å². The lowest BCUT2D eigenvalue weighted by Gasteiger charge is -2.09. The van der Waals surface area contributed by atoms with Gasteiger partial charge >= 0.3 is 0 Å². The summed E-state index contributed by atoms with van der Waals surface area (Å²) in [4.78, 5) is 0. The van der Waals surface area contributed by atoms with Crippen LogP contribution < -0.4 is 4.74 Å². The highest BCUT2D eigenvalue weighted by atomic mass is 16.5. The monoisotopic (exact) mass is 304 g/mol. The van der Waals surface area contributed by atoms with Crippen LogP contribution in [-0.2, 0) is 13.0 Å². The highest BCUT2D eigenvalue weighted by molar-refractivity contribution is 5.36. The van der Waals surface area contributed by atoms with E-state index in [0.717, 1.165) is 17.9 Å². The topological polar surface area (TPSA) is 63.7 Å². The standard InChI is InChI=1S/C18H16N4O/c1-2-14-8-10-16(11-9-14)23-13-18-17(12-19)20-21-22(18)15-6-4-3-5-7-15/h3-11H,2,13H2,1H3. The molecule has 0 unspecified atom stereocenters. The fraction of sp³-hybridized carbons (Fsp3) is 0.167. The fourth-order valence-corrected chi connectivity index (χ4v) is 2.27. The van der Waals surface area contributed by atoms with Crippen molar-refractivity contribution < 1.29 is 4.74 Å². The maximum atomic E-state index is 9.22. The molecule has 0 fully saturated rings. The molecule has 1 heterocycles. The summed E-state index contributed by atoms with van der Waals surface area (Å²) in [5.74, 6) is 0.756. The van der Waals surface area contributed by atoms with Crippen LogP contribution in [0.15, 0.2) is 54.6 Å². The third kappa shape index (κ3) is 3.22. The van der Waals surface area contributed by atoms with Crippen LogP contribution in [0, 0.1) is 11.3 Å². The molecule has 0 radical (unpaired) electrons. The Kier molecular flexibility index (Phi) is 4.34. The van der Waals surface area contributed by atoms with Gasteiger partial charge in [0.1, 0.15) is 24.1 Å². The van der Waals surface area contributed by atoms with Crippen molar-refractivity contribution in [1.82, 2.24) is 15.0 Å². The van der Waals surface area contributed by atoms with Crippen LogP contribution in [0.1, 0.15) is 23.9 Å². The molecule has 23 heavy (non-hydrogen) atoms. The van der Waals surface area contributed by atoms with E-state index < -0.39 is 0 Å². The normalized spacial score (nSPS) is 10.3. The zero-order chi connectivity index (χ0) is 16.1. The van der Waals surface area contributed by atoms with Crippen molar-refractivity contribution in [2.45, 2.75) is 20.0 Å². The summed E-state index contributed by atoms with van der Waals surface area (Å²) in [5.41, 5.74) is 3.02. The number of ether oxygens (including phenoxy) is 1. The lowest BCUT2D eigenvalue weighted by atomic mass is 10.2. The van der Waals surface area contributed by atoms with Crippen LogP contribution in [0.25, 0.3) is 5.69 Å². The number of aryl methyl sites for hydroxylation is 1. The summed E-state index contributed by atoms with van der Waals surface area (Å²) >= 11 is 0. The van der Waals surface area contributed by atoms with Crippen LogP contribution >= 0.6 is 0 Å². The zero-order valence-electron chi connectivity index (χ0n) is 12.8. The van der Waals surface area contributed by atoms with E-state index in [0.29, 0.717) is 5.69 Å². The Morgan fingerprint density at radius 2 is 1.83 bits per heavy atom. The van der Waals surface area contributed by atoms with Gasteiger partial charge in [-0.2, -0.15) is 5.26 Å². The summed E-state index contributed by atoms with van der Waals surface area (Å²) < 4.78 is 7.44. The molecule has 0 saturated heterocycles. The number of aromatic nitrogens is 3. The molecule has 114 valence electrons. The second kappa shape index (κ2) is 6.75. The minimum Gasteiger partial charge on any atom is -0.487 e. The third-order valence-electron chi connectivity index (χ3n) is 3.58. The minimum absolute atomic E-state index is 0.232. The highest BCUT2D eigenvalue weighted by Gasteiger charge is 2.14. The lowest BCUT2D eigenvalue weighted by molar-refractivity contribution is 0.297. The van der Waals surface area contributed by atoms with Gasteiger partial charge in [0.05, 0.1) is 5.69 Å². The van der Waals surface area contributed by atoms with Crippen LogP contribution in [0.3, 0.4) is 0 Å². The number of benzene rings is 2. The molecule has 3 aromatic rings. The van der Waals surface area contributed by atoms with E-state index in [1.807, 2.05) is 54.6 Å². The van der Waals surface area contributed by atoms with Crippen LogP contribution in [0.5, 0.6) is 5.75 Å². The largest absolute Gasteiger partial charge is 0.487 e. The number of hydrogen-bond acceptors (Lipinski definition) is 4. The molecule has 0 N–H and O–H groups in total. The Morgan fingerprint density at radius 3 is 2.48 bits per heavy atom. The molecule has 0 aliphatic rings. The Labute approximate surface area is 134 Å². The zero-order valence-corrected chi connectivity index (χ0v) is 12.8. The molecule has 0 amide bonds. The second-order valence-corrected chi connectivity index (χ2v) is 5.03. The first kappa shape index (κ1) is 14.8. The van der Waals surface area contributed by atoms with Gasteiger partial charge in [-0.3, -0.25) is 0 Å². The van der Waals surface area contributed by atoms with Gasteiger partial charge in [-0.1, -0.05) is 42.5 Å². The van der Waals surface area contributed by atoms with E-state index >= 15 is 0 Å². The van der Waals surface area contributed by atoms with Crippen molar-refractivity contribution >= 4 is 0 Å². The molecular weight excluding hydrogens is 288 g/mol. The van der Waals surface area contributed by atoms with Gasteiger partial charge in [0.15, 0.2) is 5.69 Å². The van der Waals surface area contributed by atoms with E-state index in [4.69, 9.17) is 4.74 Å². The van der Waals surface area contributed by atoms with Gasteiger partial charge in [-0.25, -0.2) is 4.68 Å². The van der Waals surface area contributed by atoms with Gasteiger partial charge in [0.2, 0.25) is 0 Å². The molecule has 0 spiro atoms. The average molecular weight is 304 g/mol.